The predicted octanol–water partition coefficient (Wildman–Crippen LogP) is 2.84. The highest BCUT2D eigenvalue weighted by molar-refractivity contribution is 5.33. The molecule has 0 fully saturated rings. The standard InChI is InChI=1S/C9H12N2/c1-7-5-8-3-2-4-9(8)6-10-11-7/h5H,2-4,6H2,1H3. The average Bonchev–Trinajstić information content (AvgIpc) is 2.31. The summed E-state index contributed by atoms with van der Waals surface area (Å²) >= 11 is 0. The maximum Gasteiger partial charge on any atom is 0.0819 e. The van der Waals surface area contributed by atoms with Gasteiger partial charge in [-0.2, -0.15) is 10.2 Å². The minimum Gasteiger partial charge on any atom is -0.185 e. The lowest BCUT2D eigenvalue weighted by Gasteiger charge is -1.94. The first-order chi connectivity index (χ1) is 5.36. The van der Waals surface area contributed by atoms with E-state index in [9.17, 15) is 0 Å². The van der Waals surface area contributed by atoms with Crippen LogP contribution in [-0.2, 0) is 0 Å². The fourth-order valence-corrected chi connectivity index (χ4v) is 1.70. The van der Waals surface area contributed by atoms with Gasteiger partial charge >= 0.3 is 0 Å². The first-order valence-corrected chi connectivity index (χ1v) is 4.13. The van der Waals surface area contributed by atoms with E-state index < -0.39 is 0 Å². The molecule has 11 heavy (non-hydrogen) atoms. The second-order valence-corrected chi connectivity index (χ2v) is 3.17. The maximum absolute atomic E-state index is 4.09. The van der Waals surface area contributed by atoms with Crippen molar-refractivity contribution in [2.24, 2.45) is 10.2 Å². The van der Waals surface area contributed by atoms with Gasteiger partial charge in [0, 0.05) is 0 Å². The molecule has 2 aliphatic rings. The van der Waals surface area contributed by atoms with E-state index in [1.165, 1.54) is 30.4 Å². The molecule has 0 aromatic carbocycles. The number of rotatable bonds is 0. The summed E-state index contributed by atoms with van der Waals surface area (Å²) in [5.74, 6) is 0. The van der Waals surface area contributed by atoms with Crippen LogP contribution in [0.25, 0.3) is 0 Å². The quantitative estimate of drug-likeness (QED) is 0.504. The molecule has 0 bridgehead atoms. The van der Waals surface area contributed by atoms with E-state index in [0.717, 1.165) is 12.2 Å². The van der Waals surface area contributed by atoms with Gasteiger partial charge in [-0.05, 0) is 43.4 Å². The largest absolute Gasteiger partial charge is 0.185 e. The lowest BCUT2D eigenvalue weighted by atomic mass is 10.1. The first kappa shape index (κ1) is 6.77. The van der Waals surface area contributed by atoms with Crippen molar-refractivity contribution >= 4 is 0 Å². The highest BCUT2D eigenvalue weighted by atomic mass is 15.1. The molecule has 0 aromatic heterocycles. The Hall–Kier alpha value is -0.920. The van der Waals surface area contributed by atoms with Gasteiger partial charge in [-0.25, -0.2) is 0 Å². The zero-order chi connectivity index (χ0) is 7.68. The molecule has 1 aliphatic carbocycles. The van der Waals surface area contributed by atoms with Crippen LogP contribution in [0, 0.1) is 0 Å². The van der Waals surface area contributed by atoms with Gasteiger partial charge in [0.15, 0.2) is 0 Å². The van der Waals surface area contributed by atoms with E-state index in [1.54, 1.807) is 0 Å². The molecule has 2 nitrogen and oxygen atoms in total. The number of azo groups is 1. The molecule has 1 heterocycles. The molecule has 0 saturated carbocycles. The number of allylic oxidation sites excluding steroid dienone is 3. The molecule has 0 radical (unpaired) electrons. The molecule has 0 unspecified atom stereocenters. The van der Waals surface area contributed by atoms with E-state index in [4.69, 9.17) is 0 Å². The monoisotopic (exact) mass is 148 g/mol. The third-order valence-electron chi connectivity index (χ3n) is 2.25. The molecule has 2 rings (SSSR count). The van der Waals surface area contributed by atoms with E-state index in [-0.39, 0.29) is 0 Å². The molecule has 0 N–H and O–H groups in total. The van der Waals surface area contributed by atoms with Crippen LogP contribution in [0.4, 0.5) is 0 Å². The second kappa shape index (κ2) is 2.61. The van der Waals surface area contributed by atoms with Gasteiger partial charge in [0.2, 0.25) is 0 Å². The Balaban J connectivity index is 2.34. The van der Waals surface area contributed by atoms with Gasteiger partial charge in [0.1, 0.15) is 0 Å². The van der Waals surface area contributed by atoms with Gasteiger partial charge in [-0.3, -0.25) is 0 Å². The fourth-order valence-electron chi connectivity index (χ4n) is 1.70. The van der Waals surface area contributed by atoms with Crippen LogP contribution in [0.3, 0.4) is 0 Å². The van der Waals surface area contributed by atoms with Crippen LogP contribution in [0.15, 0.2) is 33.1 Å². The Morgan fingerprint density at radius 1 is 1.36 bits per heavy atom. The summed E-state index contributed by atoms with van der Waals surface area (Å²) in [6.45, 7) is 2.85. The topological polar surface area (TPSA) is 24.7 Å². The van der Waals surface area contributed by atoms with Crippen molar-refractivity contribution in [3.8, 4) is 0 Å². The normalized spacial score (nSPS) is 23.2. The van der Waals surface area contributed by atoms with Crippen LogP contribution in [0.2, 0.25) is 0 Å². The second-order valence-electron chi connectivity index (χ2n) is 3.17. The minimum atomic E-state index is 0.836. The van der Waals surface area contributed by atoms with Crippen molar-refractivity contribution in [1.29, 1.82) is 0 Å². The van der Waals surface area contributed by atoms with Gasteiger partial charge in [0.05, 0.1) is 12.2 Å². The van der Waals surface area contributed by atoms with Crippen molar-refractivity contribution in [3.63, 3.8) is 0 Å². The number of hydrogen-bond acceptors (Lipinski definition) is 2. The SMILES string of the molecule is CC1=CC2=C(CCC2)CN=N1. The Kier molecular flexibility index (Phi) is 1.60. The fraction of sp³-hybridized carbons (Fsp3) is 0.556. The summed E-state index contributed by atoms with van der Waals surface area (Å²) in [6, 6.07) is 0. The van der Waals surface area contributed by atoms with Crippen molar-refractivity contribution in [1.82, 2.24) is 0 Å². The van der Waals surface area contributed by atoms with E-state index in [1.807, 2.05) is 6.92 Å². The Morgan fingerprint density at radius 3 is 3.18 bits per heavy atom. The van der Waals surface area contributed by atoms with Gasteiger partial charge in [-0.1, -0.05) is 0 Å². The molecule has 0 amide bonds. The molecule has 0 saturated heterocycles. The molecular weight excluding hydrogens is 136 g/mol. The molecule has 1 aliphatic heterocycles. The number of nitrogens with zero attached hydrogens (tertiary/aromatic N) is 2. The third-order valence-corrected chi connectivity index (χ3v) is 2.25. The molecule has 0 atom stereocenters. The van der Waals surface area contributed by atoms with Crippen LogP contribution < -0.4 is 0 Å². The van der Waals surface area contributed by atoms with Crippen LogP contribution in [0.1, 0.15) is 26.2 Å². The van der Waals surface area contributed by atoms with Crippen molar-refractivity contribution < 1.29 is 0 Å². The summed E-state index contributed by atoms with van der Waals surface area (Å²) in [4.78, 5) is 0. The van der Waals surface area contributed by atoms with Gasteiger partial charge < -0.3 is 0 Å². The summed E-state index contributed by atoms with van der Waals surface area (Å²) in [5, 5.41) is 8.14. The maximum atomic E-state index is 4.09. The van der Waals surface area contributed by atoms with Crippen LogP contribution >= 0.6 is 0 Å². The van der Waals surface area contributed by atoms with Gasteiger partial charge in [0.25, 0.3) is 0 Å². The highest BCUT2D eigenvalue weighted by Crippen LogP contribution is 2.29. The molecular formula is C9H12N2. The molecule has 2 heteroatoms. The minimum absolute atomic E-state index is 0.836. The summed E-state index contributed by atoms with van der Waals surface area (Å²) in [7, 11) is 0. The van der Waals surface area contributed by atoms with E-state index in [0.29, 0.717) is 0 Å². The first-order valence-electron chi connectivity index (χ1n) is 4.13. The third kappa shape index (κ3) is 1.25. The lowest BCUT2D eigenvalue weighted by Crippen LogP contribution is -1.83. The zero-order valence-electron chi connectivity index (χ0n) is 6.80. The van der Waals surface area contributed by atoms with E-state index in [2.05, 4.69) is 16.3 Å². The van der Waals surface area contributed by atoms with Crippen LogP contribution in [-0.4, -0.2) is 6.54 Å². The zero-order valence-corrected chi connectivity index (χ0v) is 6.80. The summed E-state index contributed by atoms with van der Waals surface area (Å²) in [5.41, 5.74) is 4.05. The van der Waals surface area contributed by atoms with Crippen LogP contribution in [0.5, 0.6) is 0 Å². The summed E-state index contributed by atoms with van der Waals surface area (Å²) in [6.07, 6.45) is 5.96. The Labute approximate surface area is 66.7 Å². The van der Waals surface area contributed by atoms with Gasteiger partial charge in [-0.15, -0.1) is 0 Å². The molecule has 0 aromatic rings. The number of hydrogen-bond donors (Lipinski definition) is 0. The van der Waals surface area contributed by atoms with Crippen molar-refractivity contribution in [2.75, 3.05) is 6.54 Å². The molecule has 0 spiro atoms. The Bertz CT molecular complexity index is 259. The van der Waals surface area contributed by atoms with Crippen molar-refractivity contribution in [3.05, 3.63) is 22.9 Å². The summed E-state index contributed by atoms with van der Waals surface area (Å²) < 4.78 is 0. The average molecular weight is 148 g/mol. The lowest BCUT2D eigenvalue weighted by molar-refractivity contribution is 0.865. The molecule has 58 valence electrons. The Morgan fingerprint density at radius 2 is 2.27 bits per heavy atom. The van der Waals surface area contributed by atoms with Crippen molar-refractivity contribution in [2.45, 2.75) is 26.2 Å². The smallest absolute Gasteiger partial charge is 0.0819 e. The van der Waals surface area contributed by atoms with E-state index >= 15 is 0 Å². The highest BCUT2D eigenvalue weighted by Gasteiger charge is 2.13. The predicted molar refractivity (Wildman–Crippen MR) is 44.4 cm³/mol.